The average molecular weight is 531 g/mol. The summed E-state index contributed by atoms with van der Waals surface area (Å²) in [6.07, 6.45) is 2.51. The quantitative estimate of drug-likeness (QED) is 0.374. The fourth-order valence-electron chi connectivity index (χ4n) is 4.78. The summed E-state index contributed by atoms with van der Waals surface area (Å²) in [5.41, 5.74) is 7.72. The van der Waals surface area contributed by atoms with Gasteiger partial charge in [0.25, 0.3) is 0 Å². The SMILES string of the molecule is CN(CCCNC(=O)Nc1cccc(Cl)c1)C[C@H]1OC(n2cnc3c(N)ncnc32)[C@@H]2OC(C)(C)O[C@H]12. The van der Waals surface area contributed by atoms with Crippen LogP contribution in [-0.2, 0) is 14.2 Å². The number of nitrogen functional groups attached to an aromatic ring is 1. The summed E-state index contributed by atoms with van der Waals surface area (Å²) in [6.45, 7) is 5.69. The van der Waals surface area contributed by atoms with Gasteiger partial charge in [0.2, 0.25) is 0 Å². The van der Waals surface area contributed by atoms with Gasteiger partial charge in [-0.05, 0) is 52.1 Å². The summed E-state index contributed by atoms with van der Waals surface area (Å²) < 4.78 is 20.7. The Labute approximate surface area is 219 Å². The predicted octanol–water partition coefficient (Wildman–Crippen LogP) is 2.62. The number of urea groups is 1. The predicted molar refractivity (Wildman–Crippen MR) is 138 cm³/mol. The maximum Gasteiger partial charge on any atom is 0.319 e. The molecule has 4 atom stereocenters. The highest BCUT2D eigenvalue weighted by atomic mass is 35.5. The smallest absolute Gasteiger partial charge is 0.319 e. The molecule has 2 amide bonds. The molecule has 1 aromatic carbocycles. The molecule has 5 rings (SSSR count). The van der Waals surface area contributed by atoms with Crippen molar-refractivity contribution in [2.24, 2.45) is 0 Å². The summed E-state index contributed by atoms with van der Waals surface area (Å²) in [7, 11) is 2.01. The monoisotopic (exact) mass is 530 g/mol. The number of carbonyl (C=O) groups is 1. The molecule has 198 valence electrons. The molecule has 2 saturated heterocycles. The largest absolute Gasteiger partial charge is 0.382 e. The number of anilines is 2. The summed E-state index contributed by atoms with van der Waals surface area (Å²) in [4.78, 5) is 27.0. The van der Waals surface area contributed by atoms with E-state index in [2.05, 4.69) is 30.5 Å². The molecule has 4 heterocycles. The van der Waals surface area contributed by atoms with Crippen molar-refractivity contribution in [2.45, 2.75) is 50.6 Å². The molecule has 2 aliphatic heterocycles. The standard InChI is InChI=1S/C24H31ClN8O4/c1-24(2)36-18-16(11-32(3)9-5-8-27-23(34)31-15-7-4-6-14(25)10-15)35-22(19(18)37-24)33-13-30-17-20(26)28-12-29-21(17)33/h4,6-7,10,12-13,16,18-19,22H,5,8-9,11H2,1-3H3,(H2,26,28,29)(H2,27,31,34)/t16-,18-,19-,22?/m1/s1. The van der Waals surface area contributed by atoms with Gasteiger partial charge in [-0.15, -0.1) is 0 Å². The molecule has 2 fully saturated rings. The van der Waals surface area contributed by atoms with E-state index in [1.807, 2.05) is 25.5 Å². The van der Waals surface area contributed by atoms with E-state index in [9.17, 15) is 4.79 Å². The van der Waals surface area contributed by atoms with Crippen molar-refractivity contribution < 1.29 is 19.0 Å². The molecule has 0 bridgehead atoms. The number of ether oxygens (including phenoxy) is 3. The molecule has 2 aromatic heterocycles. The van der Waals surface area contributed by atoms with Gasteiger partial charge in [-0.1, -0.05) is 17.7 Å². The van der Waals surface area contributed by atoms with Crippen molar-refractivity contribution >= 4 is 40.3 Å². The van der Waals surface area contributed by atoms with E-state index in [0.717, 1.165) is 13.0 Å². The Morgan fingerprint density at radius 1 is 1.24 bits per heavy atom. The van der Waals surface area contributed by atoms with Crippen LogP contribution in [0.4, 0.5) is 16.3 Å². The zero-order chi connectivity index (χ0) is 26.2. The Kier molecular flexibility index (Phi) is 7.19. The van der Waals surface area contributed by atoms with E-state index in [-0.39, 0.29) is 24.3 Å². The number of amides is 2. The first kappa shape index (κ1) is 25.6. The lowest BCUT2D eigenvalue weighted by molar-refractivity contribution is -0.197. The molecule has 3 aromatic rings. The highest BCUT2D eigenvalue weighted by Gasteiger charge is 2.56. The minimum Gasteiger partial charge on any atom is -0.382 e. The first-order valence-corrected chi connectivity index (χ1v) is 12.5. The minimum atomic E-state index is -0.737. The summed E-state index contributed by atoms with van der Waals surface area (Å²) in [5, 5.41) is 6.21. The lowest BCUT2D eigenvalue weighted by Gasteiger charge is -2.27. The Bertz CT molecular complexity index is 1270. The number of carbonyl (C=O) groups excluding carboxylic acids is 1. The lowest BCUT2D eigenvalue weighted by atomic mass is 10.1. The van der Waals surface area contributed by atoms with E-state index in [4.69, 9.17) is 31.5 Å². The van der Waals surface area contributed by atoms with E-state index in [0.29, 0.717) is 40.8 Å². The molecular formula is C24H31ClN8O4. The molecule has 2 aliphatic rings. The number of aromatic nitrogens is 4. The van der Waals surface area contributed by atoms with Crippen LogP contribution in [0.5, 0.6) is 0 Å². The minimum absolute atomic E-state index is 0.238. The molecule has 0 saturated carbocycles. The molecular weight excluding hydrogens is 500 g/mol. The van der Waals surface area contributed by atoms with Crippen molar-refractivity contribution in [1.29, 1.82) is 0 Å². The van der Waals surface area contributed by atoms with Gasteiger partial charge in [-0.2, -0.15) is 0 Å². The topological polar surface area (TPSA) is 142 Å². The highest BCUT2D eigenvalue weighted by Crippen LogP contribution is 2.44. The number of nitrogens with one attached hydrogen (secondary N) is 2. The molecule has 4 N–H and O–H groups in total. The van der Waals surface area contributed by atoms with Crippen LogP contribution in [0.2, 0.25) is 5.02 Å². The third-order valence-electron chi connectivity index (χ3n) is 6.36. The van der Waals surface area contributed by atoms with Gasteiger partial charge in [-0.25, -0.2) is 19.7 Å². The van der Waals surface area contributed by atoms with Gasteiger partial charge in [0, 0.05) is 23.8 Å². The van der Waals surface area contributed by atoms with Gasteiger partial charge < -0.3 is 35.5 Å². The Hall–Kier alpha value is -3.03. The molecule has 13 heteroatoms. The summed E-state index contributed by atoms with van der Waals surface area (Å²) >= 11 is 5.96. The van der Waals surface area contributed by atoms with Crippen LogP contribution in [0.25, 0.3) is 11.2 Å². The van der Waals surface area contributed by atoms with Crippen molar-refractivity contribution in [3.63, 3.8) is 0 Å². The van der Waals surface area contributed by atoms with E-state index in [1.54, 1.807) is 30.6 Å². The van der Waals surface area contributed by atoms with Gasteiger partial charge in [-0.3, -0.25) is 4.57 Å². The van der Waals surface area contributed by atoms with Gasteiger partial charge in [0.05, 0.1) is 6.33 Å². The number of likely N-dealkylation sites (N-methyl/N-ethyl adjacent to an activating group) is 1. The molecule has 0 spiro atoms. The summed E-state index contributed by atoms with van der Waals surface area (Å²) in [6, 6.07) is 6.75. The molecule has 0 radical (unpaired) electrons. The van der Waals surface area contributed by atoms with Crippen LogP contribution in [0.3, 0.4) is 0 Å². The number of nitrogens with zero attached hydrogens (tertiary/aromatic N) is 5. The van der Waals surface area contributed by atoms with Crippen LogP contribution in [0, 0.1) is 0 Å². The third kappa shape index (κ3) is 5.63. The Balaban J connectivity index is 1.16. The first-order chi connectivity index (χ1) is 17.7. The number of hydrogen-bond donors (Lipinski definition) is 3. The average Bonchev–Trinajstić information content (AvgIpc) is 3.49. The Morgan fingerprint density at radius 3 is 2.86 bits per heavy atom. The number of rotatable bonds is 8. The maximum absolute atomic E-state index is 12.1. The highest BCUT2D eigenvalue weighted by molar-refractivity contribution is 6.30. The van der Waals surface area contributed by atoms with Crippen LogP contribution < -0.4 is 16.4 Å². The number of benzene rings is 1. The lowest BCUT2D eigenvalue weighted by Crippen LogP contribution is -2.39. The van der Waals surface area contributed by atoms with Gasteiger partial charge in [0.1, 0.15) is 30.2 Å². The zero-order valence-corrected chi connectivity index (χ0v) is 21.7. The second-order valence-corrected chi connectivity index (χ2v) is 10.2. The molecule has 0 aliphatic carbocycles. The first-order valence-electron chi connectivity index (χ1n) is 12.1. The zero-order valence-electron chi connectivity index (χ0n) is 20.9. The third-order valence-corrected chi connectivity index (χ3v) is 6.60. The number of halogens is 1. The van der Waals surface area contributed by atoms with E-state index >= 15 is 0 Å². The maximum atomic E-state index is 12.1. The molecule has 37 heavy (non-hydrogen) atoms. The fourth-order valence-corrected chi connectivity index (χ4v) is 4.97. The van der Waals surface area contributed by atoms with E-state index in [1.165, 1.54) is 6.33 Å². The van der Waals surface area contributed by atoms with Gasteiger partial charge in [0.15, 0.2) is 23.5 Å². The molecule has 12 nitrogen and oxygen atoms in total. The number of nitrogens with two attached hydrogens (primary N) is 1. The normalized spacial score (nSPS) is 24.5. The van der Waals surface area contributed by atoms with Crippen molar-refractivity contribution in [1.82, 2.24) is 29.7 Å². The van der Waals surface area contributed by atoms with Crippen molar-refractivity contribution in [2.75, 3.05) is 37.7 Å². The fraction of sp³-hybridized carbons (Fsp3) is 0.500. The number of imidazole rings is 1. The summed E-state index contributed by atoms with van der Waals surface area (Å²) in [5.74, 6) is -0.424. The Morgan fingerprint density at radius 2 is 2.05 bits per heavy atom. The van der Waals surface area contributed by atoms with Crippen LogP contribution >= 0.6 is 11.6 Å². The number of hydrogen-bond acceptors (Lipinski definition) is 9. The van der Waals surface area contributed by atoms with Crippen LogP contribution in [0.15, 0.2) is 36.9 Å². The second-order valence-electron chi connectivity index (χ2n) is 9.72. The van der Waals surface area contributed by atoms with Crippen molar-refractivity contribution in [3.8, 4) is 0 Å². The van der Waals surface area contributed by atoms with Crippen LogP contribution in [-0.4, -0.2) is 81.2 Å². The molecule has 1 unspecified atom stereocenters. The number of fused-ring (bicyclic) bond motifs is 2. The van der Waals surface area contributed by atoms with Gasteiger partial charge >= 0.3 is 6.03 Å². The van der Waals surface area contributed by atoms with E-state index < -0.39 is 12.0 Å². The van der Waals surface area contributed by atoms with Crippen LogP contribution in [0.1, 0.15) is 26.5 Å². The second kappa shape index (κ2) is 10.4. The van der Waals surface area contributed by atoms with Crippen molar-refractivity contribution in [3.05, 3.63) is 41.9 Å².